The molecule has 1 amide bonds. The number of nitrogens with two attached hydrogens (primary N) is 2. The number of ether oxygens (including phenoxy) is 1. The number of nitrogens with one attached hydrogen (secondary N) is 1. The number of amides is 1. The fourth-order valence-corrected chi connectivity index (χ4v) is 2.83. The van der Waals surface area contributed by atoms with E-state index in [4.69, 9.17) is 16.2 Å². The first kappa shape index (κ1) is 15.3. The molecule has 8 heteroatoms. The lowest BCUT2D eigenvalue weighted by Crippen LogP contribution is -2.35. The fraction of sp³-hybridized carbons (Fsp3) is 0.364. The summed E-state index contributed by atoms with van der Waals surface area (Å²) in [6.07, 6.45) is -0.0785. The van der Waals surface area contributed by atoms with Crippen LogP contribution in [0, 0.1) is 0 Å². The smallest absolute Gasteiger partial charge is 0.240 e. The second-order valence-electron chi connectivity index (χ2n) is 4.10. The Kier molecular flexibility index (Phi) is 4.73. The monoisotopic (exact) mass is 287 g/mol. The summed E-state index contributed by atoms with van der Waals surface area (Å²) in [5.41, 5.74) is 10.9. The Hall–Kier alpha value is -1.80. The van der Waals surface area contributed by atoms with Crippen molar-refractivity contribution < 1.29 is 17.9 Å². The van der Waals surface area contributed by atoms with Crippen molar-refractivity contribution >= 4 is 21.6 Å². The van der Waals surface area contributed by atoms with Crippen LogP contribution in [-0.4, -0.2) is 27.5 Å². The van der Waals surface area contributed by atoms with Gasteiger partial charge in [0.1, 0.15) is 5.75 Å². The average Bonchev–Trinajstić information content (AvgIpc) is 2.26. The summed E-state index contributed by atoms with van der Waals surface area (Å²) >= 11 is 0. The second kappa shape index (κ2) is 5.89. The van der Waals surface area contributed by atoms with Gasteiger partial charge >= 0.3 is 0 Å². The van der Waals surface area contributed by atoms with Crippen LogP contribution in [0.1, 0.15) is 13.3 Å². The molecule has 0 aliphatic carbocycles. The topological polar surface area (TPSA) is 125 Å². The summed E-state index contributed by atoms with van der Waals surface area (Å²) in [7, 11) is -2.31. The van der Waals surface area contributed by atoms with Crippen molar-refractivity contribution in [1.82, 2.24) is 4.72 Å². The first-order valence-electron chi connectivity index (χ1n) is 5.50. The van der Waals surface area contributed by atoms with Crippen LogP contribution in [0.3, 0.4) is 0 Å². The number of carbonyl (C=O) groups is 1. The molecule has 106 valence electrons. The number of sulfonamides is 1. The Labute approximate surface area is 112 Å². The molecule has 5 N–H and O–H groups in total. The molecule has 0 aliphatic heterocycles. The van der Waals surface area contributed by atoms with Crippen LogP contribution in [0.25, 0.3) is 0 Å². The molecule has 0 radical (unpaired) electrons. The first-order chi connectivity index (χ1) is 8.76. The van der Waals surface area contributed by atoms with E-state index in [0.29, 0.717) is 5.75 Å². The summed E-state index contributed by atoms with van der Waals surface area (Å²) in [5, 5.41) is 0. The van der Waals surface area contributed by atoms with Crippen molar-refractivity contribution in [2.24, 2.45) is 5.73 Å². The molecule has 7 nitrogen and oxygen atoms in total. The maximum Gasteiger partial charge on any atom is 0.240 e. The highest BCUT2D eigenvalue weighted by Gasteiger charge is 2.19. The molecule has 0 heterocycles. The van der Waals surface area contributed by atoms with Gasteiger partial charge in [-0.1, -0.05) is 0 Å². The zero-order valence-electron chi connectivity index (χ0n) is 10.7. The predicted molar refractivity (Wildman–Crippen MR) is 71.0 cm³/mol. The lowest BCUT2D eigenvalue weighted by Gasteiger charge is -2.13. The van der Waals surface area contributed by atoms with Crippen LogP contribution in [0.5, 0.6) is 5.75 Å². The number of anilines is 1. The second-order valence-corrected chi connectivity index (χ2v) is 5.81. The summed E-state index contributed by atoms with van der Waals surface area (Å²) < 4.78 is 31.3. The lowest BCUT2D eigenvalue weighted by molar-refractivity contribution is -0.118. The van der Waals surface area contributed by atoms with Crippen molar-refractivity contribution in [2.45, 2.75) is 24.3 Å². The molecule has 0 aromatic heterocycles. The van der Waals surface area contributed by atoms with Gasteiger partial charge in [-0.05, 0) is 25.1 Å². The fourth-order valence-electron chi connectivity index (χ4n) is 1.56. The molecule has 1 atom stereocenters. The number of methoxy groups -OCH3 is 1. The predicted octanol–water partition coefficient (Wildman–Crippen LogP) is -0.180. The molecule has 0 aliphatic rings. The van der Waals surface area contributed by atoms with Gasteiger partial charge in [0.05, 0.1) is 17.7 Å². The highest BCUT2D eigenvalue weighted by molar-refractivity contribution is 7.89. The molecule has 19 heavy (non-hydrogen) atoms. The molecule has 1 aromatic rings. The molecule has 0 saturated carbocycles. The summed E-state index contributed by atoms with van der Waals surface area (Å²) in [6.45, 7) is 1.55. The molecular weight excluding hydrogens is 270 g/mol. The van der Waals surface area contributed by atoms with Gasteiger partial charge in [-0.3, -0.25) is 4.79 Å². The Morgan fingerprint density at radius 2 is 2.11 bits per heavy atom. The average molecular weight is 287 g/mol. The van der Waals surface area contributed by atoms with Crippen molar-refractivity contribution in [3.8, 4) is 5.75 Å². The third-order valence-corrected chi connectivity index (χ3v) is 3.96. The van der Waals surface area contributed by atoms with Gasteiger partial charge in [0.15, 0.2) is 0 Å². The van der Waals surface area contributed by atoms with Gasteiger partial charge in [0, 0.05) is 12.5 Å². The van der Waals surface area contributed by atoms with E-state index in [-0.39, 0.29) is 17.0 Å². The normalized spacial score (nSPS) is 12.9. The molecule has 0 fully saturated rings. The van der Waals surface area contributed by atoms with E-state index in [2.05, 4.69) is 4.72 Å². The lowest BCUT2D eigenvalue weighted by atomic mass is 10.2. The Bertz CT molecular complexity index is 571. The van der Waals surface area contributed by atoms with E-state index < -0.39 is 22.0 Å². The van der Waals surface area contributed by atoms with Crippen LogP contribution in [0.4, 0.5) is 5.69 Å². The van der Waals surface area contributed by atoms with E-state index in [1.165, 1.54) is 25.3 Å². The molecular formula is C11H17N3O4S. The molecule has 1 unspecified atom stereocenters. The SMILES string of the molecule is COc1ccc(S(=O)(=O)NC(C)CC(N)=O)cc1N. The van der Waals surface area contributed by atoms with Gasteiger partial charge in [0.2, 0.25) is 15.9 Å². The van der Waals surface area contributed by atoms with Gasteiger partial charge in [-0.25, -0.2) is 13.1 Å². The van der Waals surface area contributed by atoms with E-state index in [1.54, 1.807) is 6.92 Å². The number of carbonyl (C=O) groups excluding carboxylic acids is 1. The molecule has 0 bridgehead atoms. The maximum absolute atomic E-state index is 12.0. The number of rotatable bonds is 6. The minimum atomic E-state index is -3.75. The highest BCUT2D eigenvalue weighted by Crippen LogP contribution is 2.24. The molecule has 1 aromatic carbocycles. The summed E-state index contributed by atoms with van der Waals surface area (Å²) in [4.78, 5) is 10.7. The van der Waals surface area contributed by atoms with E-state index in [9.17, 15) is 13.2 Å². The number of nitrogen functional groups attached to an aromatic ring is 1. The van der Waals surface area contributed by atoms with Crippen LogP contribution < -0.4 is 20.9 Å². The minimum Gasteiger partial charge on any atom is -0.495 e. The third-order valence-electron chi connectivity index (χ3n) is 2.38. The molecule has 1 rings (SSSR count). The number of primary amides is 1. The number of hydrogen-bond donors (Lipinski definition) is 3. The first-order valence-corrected chi connectivity index (χ1v) is 6.98. The quantitative estimate of drug-likeness (QED) is 0.626. The van der Waals surface area contributed by atoms with E-state index in [1.807, 2.05) is 0 Å². The van der Waals surface area contributed by atoms with Crippen molar-refractivity contribution in [1.29, 1.82) is 0 Å². The Balaban J connectivity index is 2.94. The largest absolute Gasteiger partial charge is 0.495 e. The van der Waals surface area contributed by atoms with Crippen LogP contribution in [-0.2, 0) is 14.8 Å². The van der Waals surface area contributed by atoms with Crippen LogP contribution in [0.2, 0.25) is 0 Å². The maximum atomic E-state index is 12.0. The van der Waals surface area contributed by atoms with Crippen LogP contribution in [0.15, 0.2) is 23.1 Å². The minimum absolute atomic E-state index is 0.00196. The van der Waals surface area contributed by atoms with Crippen molar-refractivity contribution in [3.05, 3.63) is 18.2 Å². The molecule has 0 saturated heterocycles. The molecule has 0 spiro atoms. The summed E-state index contributed by atoms with van der Waals surface area (Å²) in [6, 6.07) is 3.53. The van der Waals surface area contributed by atoms with Crippen molar-refractivity contribution in [2.75, 3.05) is 12.8 Å². The summed E-state index contributed by atoms with van der Waals surface area (Å²) in [5.74, 6) is -0.187. The highest BCUT2D eigenvalue weighted by atomic mass is 32.2. The Morgan fingerprint density at radius 3 is 2.58 bits per heavy atom. The zero-order valence-corrected chi connectivity index (χ0v) is 11.5. The third kappa shape index (κ3) is 4.11. The van der Waals surface area contributed by atoms with E-state index in [0.717, 1.165) is 0 Å². The van der Waals surface area contributed by atoms with E-state index >= 15 is 0 Å². The van der Waals surface area contributed by atoms with Gasteiger partial charge < -0.3 is 16.2 Å². The number of hydrogen-bond acceptors (Lipinski definition) is 5. The van der Waals surface area contributed by atoms with Crippen molar-refractivity contribution in [3.63, 3.8) is 0 Å². The van der Waals surface area contributed by atoms with Gasteiger partial charge in [-0.15, -0.1) is 0 Å². The van der Waals surface area contributed by atoms with Gasteiger partial charge in [0.25, 0.3) is 0 Å². The van der Waals surface area contributed by atoms with Gasteiger partial charge in [-0.2, -0.15) is 0 Å². The van der Waals surface area contributed by atoms with Crippen LogP contribution >= 0.6 is 0 Å². The number of benzene rings is 1. The zero-order chi connectivity index (χ0) is 14.6. The standard InChI is InChI=1S/C11H17N3O4S/c1-7(5-11(13)15)14-19(16,17)8-3-4-10(18-2)9(12)6-8/h3-4,6-7,14H,5,12H2,1-2H3,(H2,13,15). The Morgan fingerprint density at radius 1 is 1.47 bits per heavy atom.